The lowest BCUT2D eigenvalue weighted by Crippen LogP contribution is -1.93. The van der Waals surface area contributed by atoms with Gasteiger partial charge in [-0.2, -0.15) is 0 Å². The van der Waals surface area contributed by atoms with E-state index in [4.69, 9.17) is 0 Å². The van der Waals surface area contributed by atoms with E-state index in [2.05, 4.69) is 180 Å². The van der Waals surface area contributed by atoms with Crippen LogP contribution in [0.4, 0.5) is 0 Å². The minimum absolute atomic E-state index is 0.912. The van der Waals surface area contributed by atoms with Gasteiger partial charge in [-0.05, 0) is 75.2 Å². The molecule has 0 spiro atoms. The smallest absolute Gasteiger partial charge is 0.0541 e. The van der Waals surface area contributed by atoms with Crippen molar-refractivity contribution < 1.29 is 0 Å². The summed E-state index contributed by atoms with van der Waals surface area (Å²) in [5.74, 6) is 0. The van der Waals surface area contributed by atoms with Crippen molar-refractivity contribution in [2.45, 2.75) is 6.42 Å². The molecule has 0 saturated carbocycles. The molecule has 1 aromatic heterocycles. The lowest BCUT2D eigenvalue weighted by atomic mass is 9.94. The van der Waals surface area contributed by atoms with Crippen molar-refractivity contribution in [2.75, 3.05) is 0 Å². The monoisotopic (exact) mass is 561 g/mol. The molecule has 208 valence electrons. The van der Waals surface area contributed by atoms with Crippen LogP contribution in [-0.4, -0.2) is 4.57 Å². The highest BCUT2D eigenvalue weighted by atomic mass is 15.0. The number of hydrogen-bond donors (Lipinski definition) is 0. The molecule has 44 heavy (non-hydrogen) atoms. The van der Waals surface area contributed by atoms with Gasteiger partial charge >= 0.3 is 0 Å². The third kappa shape index (κ3) is 4.79. The van der Waals surface area contributed by atoms with E-state index in [1.165, 1.54) is 72.0 Å². The fourth-order valence-corrected chi connectivity index (χ4v) is 6.47. The van der Waals surface area contributed by atoms with Gasteiger partial charge in [0, 0.05) is 16.5 Å². The van der Waals surface area contributed by atoms with Gasteiger partial charge in [0.25, 0.3) is 0 Å². The minimum Gasteiger partial charge on any atom is -0.309 e. The van der Waals surface area contributed by atoms with Crippen LogP contribution in [0.1, 0.15) is 11.1 Å². The Morgan fingerprint density at radius 1 is 0.341 bits per heavy atom. The maximum atomic E-state index is 2.36. The summed E-state index contributed by atoms with van der Waals surface area (Å²) < 4.78 is 2.36. The van der Waals surface area contributed by atoms with Gasteiger partial charge in [0.15, 0.2) is 0 Å². The van der Waals surface area contributed by atoms with Crippen molar-refractivity contribution in [2.24, 2.45) is 0 Å². The molecule has 0 saturated heterocycles. The molecule has 0 aliphatic carbocycles. The molecule has 8 aromatic rings. The van der Waals surface area contributed by atoms with Gasteiger partial charge < -0.3 is 4.57 Å². The topological polar surface area (TPSA) is 4.93 Å². The van der Waals surface area contributed by atoms with Crippen molar-refractivity contribution in [3.05, 3.63) is 187 Å². The number of rotatable bonds is 6. The average molecular weight is 562 g/mol. The Labute approximate surface area is 258 Å². The van der Waals surface area contributed by atoms with Crippen LogP contribution in [0.25, 0.3) is 60.9 Å². The predicted molar refractivity (Wildman–Crippen MR) is 186 cm³/mol. The molecule has 0 bridgehead atoms. The normalized spacial score (nSPS) is 11.3. The second kappa shape index (κ2) is 11.2. The first-order valence-electron chi connectivity index (χ1n) is 15.2. The number of hydrogen-bond acceptors (Lipinski definition) is 0. The Balaban J connectivity index is 1.02. The first kappa shape index (κ1) is 26.0. The SMILES string of the molecule is c1ccc(-c2ccccc2Cc2ccc(-c3ccc(-c4ccc(-n5c6ccccc6c6ccccc65)cc4)cc3)cc2)cc1. The van der Waals surface area contributed by atoms with E-state index in [0.29, 0.717) is 0 Å². The van der Waals surface area contributed by atoms with Gasteiger partial charge in [-0.15, -0.1) is 0 Å². The van der Waals surface area contributed by atoms with E-state index in [9.17, 15) is 0 Å². The summed E-state index contributed by atoms with van der Waals surface area (Å²) in [6.45, 7) is 0. The summed E-state index contributed by atoms with van der Waals surface area (Å²) in [5, 5.41) is 2.57. The van der Waals surface area contributed by atoms with Crippen molar-refractivity contribution in [3.8, 4) is 39.1 Å². The third-order valence-electron chi connectivity index (χ3n) is 8.71. The van der Waals surface area contributed by atoms with Crippen LogP contribution in [0.2, 0.25) is 0 Å². The van der Waals surface area contributed by atoms with Crippen molar-refractivity contribution in [1.29, 1.82) is 0 Å². The highest BCUT2D eigenvalue weighted by molar-refractivity contribution is 6.09. The molecule has 8 rings (SSSR count). The van der Waals surface area contributed by atoms with E-state index in [1.54, 1.807) is 0 Å². The zero-order chi connectivity index (χ0) is 29.3. The second-order valence-corrected chi connectivity index (χ2v) is 11.4. The molecule has 0 N–H and O–H groups in total. The van der Waals surface area contributed by atoms with Crippen LogP contribution in [0, 0.1) is 0 Å². The summed E-state index contributed by atoms with van der Waals surface area (Å²) in [5.41, 5.74) is 13.8. The van der Waals surface area contributed by atoms with E-state index < -0.39 is 0 Å². The molecule has 0 atom stereocenters. The van der Waals surface area contributed by atoms with Gasteiger partial charge in [-0.25, -0.2) is 0 Å². The molecule has 7 aromatic carbocycles. The summed E-state index contributed by atoms with van der Waals surface area (Å²) in [6.07, 6.45) is 0.912. The standard InChI is InChI=1S/C43H31N/c1-2-10-36(11-3-1)39-13-5-4-12-37(39)30-31-18-20-32(21-19-31)33-22-24-34(25-23-33)35-26-28-38(29-27-35)44-42-16-8-6-14-40(42)41-15-7-9-17-43(41)44/h1-29H,30H2. The highest BCUT2D eigenvalue weighted by Gasteiger charge is 2.12. The maximum absolute atomic E-state index is 2.36. The van der Waals surface area contributed by atoms with E-state index in [1.807, 2.05) is 0 Å². The number of nitrogens with zero attached hydrogens (tertiary/aromatic N) is 1. The quantitative estimate of drug-likeness (QED) is 0.190. The molecule has 0 radical (unpaired) electrons. The van der Waals surface area contributed by atoms with Gasteiger partial charge in [0.1, 0.15) is 0 Å². The number of aromatic nitrogens is 1. The lowest BCUT2D eigenvalue weighted by Gasteiger charge is -2.11. The molecule has 1 nitrogen and oxygen atoms in total. The Morgan fingerprint density at radius 3 is 1.39 bits per heavy atom. The van der Waals surface area contributed by atoms with Crippen LogP contribution < -0.4 is 0 Å². The molecule has 0 unspecified atom stereocenters. The molecule has 0 aliphatic heterocycles. The first-order valence-corrected chi connectivity index (χ1v) is 15.2. The number of benzene rings is 7. The Hall–Kier alpha value is -5.66. The van der Waals surface area contributed by atoms with Crippen molar-refractivity contribution >= 4 is 21.8 Å². The van der Waals surface area contributed by atoms with E-state index in [-0.39, 0.29) is 0 Å². The number of para-hydroxylation sites is 2. The van der Waals surface area contributed by atoms with Gasteiger partial charge in [-0.1, -0.05) is 152 Å². The third-order valence-corrected chi connectivity index (χ3v) is 8.71. The van der Waals surface area contributed by atoms with Crippen LogP contribution in [0.15, 0.2) is 176 Å². The predicted octanol–water partition coefficient (Wildman–Crippen LogP) is 11.4. The van der Waals surface area contributed by atoms with Crippen molar-refractivity contribution in [3.63, 3.8) is 0 Å². The van der Waals surface area contributed by atoms with E-state index >= 15 is 0 Å². The molecule has 0 fully saturated rings. The van der Waals surface area contributed by atoms with Crippen LogP contribution in [0.3, 0.4) is 0 Å². The summed E-state index contributed by atoms with van der Waals surface area (Å²) in [7, 11) is 0. The van der Waals surface area contributed by atoms with Gasteiger partial charge in [0.2, 0.25) is 0 Å². The van der Waals surface area contributed by atoms with E-state index in [0.717, 1.165) is 6.42 Å². The Morgan fingerprint density at radius 2 is 0.795 bits per heavy atom. The fraction of sp³-hybridized carbons (Fsp3) is 0.0233. The number of fused-ring (bicyclic) bond motifs is 3. The molecule has 1 heteroatoms. The lowest BCUT2D eigenvalue weighted by molar-refractivity contribution is 1.18. The summed E-state index contributed by atoms with van der Waals surface area (Å²) in [6, 6.07) is 63.6. The average Bonchev–Trinajstić information content (AvgIpc) is 3.44. The Kier molecular flexibility index (Phi) is 6.62. The molecule has 0 aliphatic rings. The molecular formula is C43H31N. The van der Waals surface area contributed by atoms with Gasteiger partial charge in [-0.3, -0.25) is 0 Å². The molecular weight excluding hydrogens is 530 g/mol. The van der Waals surface area contributed by atoms with Crippen LogP contribution >= 0.6 is 0 Å². The highest BCUT2D eigenvalue weighted by Crippen LogP contribution is 2.33. The Bertz CT molecular complexity index is 2150. The molecule has 0 amide bonds. The zero-order valence-electron chi connectivity index (χ0n) is 24.4. The van der Waals surface area contributed by atoms with Gasteiger partial charge in [0.05, 0.1) is 11.0 Å². The largest absolute Gasteiger partial charge is 0.309 e. The molecule has 1 heterocycles. The van der Waals surface area contributed by atoms with Crippen molar-refractivity contribution in [1.82, 2.24) is 4.57 Å². The maximum Gasteiger partial charge on any atom is 0.0541 e. The fourth-order valence-electron chi connectivity index (χ4n) is 6.47. The zero-order valence-corrected chi connectivity index (χ0v) is 24.4. The minimum atomic E-state index is 0.912. The first-order chi connectivity index (χ1) is 21.8. The summed E-state index contributed by atoms with van der Waals surface area (Å²) >= 11 is 0. The van der Waals surface area contributed by atoms with Crippen LogP contribution in [0.5, 0.6) is 0 Å². The van der Waals surface area contributed by atoms with Crippen LogP contribution in [-0.2, 0) is 6.42 Å². The second-order valence-electron chi connectivity index (χ2n) is 11.4. The summed E-state index contributed by atoms with van der Waals surface area (Å²) in [4.78, 5) is 0.